The summed E-state index contributed by atoms with van der Waals surface area (Å²) >= 11 is 1.37. The highest BCUT2D eigenvalue weighted by Crippen LogP contribution is 2.25. The largest absolute Gasteiger partial charge is 0.312 e. The Morgan fingerprint density at radius 1 is 1.26 bits per heavy atom. The Morgan fingerprint density at radius 2 is 1.95 bits per heavy atom. The molecule has 1 N–H and O–H groups in total. The molecule has 2 heterocycles. The minimum atomic E-state index is -3.29. The second kappa shape index (κ2) is 6.32. The van der Waals surface area contributed by atoms with E-state index in [-0.39, 0.29) is 0 Å². The van der Waals surface area contributed by atoms with Crippen molar-refractivity contribution in [3.8, 4) is 0 Å². The van der Waals surface area contributed by atoms with Crippen LogP contribution in [-0.4, -0.2) is 57.4 Å². The second-order valence-electron chi connectivity index (χ2n) is 4.71. The van der Waals surface area contributed by atoms with Crippen LogP contribution < -0.4 is 5.32 Å². The second-order valence-corrected chi connectivity index (χ2v) is 8.04. The molecule has 1 aromatic rings. The molecule has 5 nitrogen and oxygen atoms in total. The van der Waals surface area contributed by atoms with Crippen molar-refractivity contribution in [1.82, 2.24) is 14.5 Å². The number of hydrogen-bond donors (Lipinski definition) is 1. The fourth-order valence-corrected chi connectivity index (χ4v) is 4.90. The number of hydrogen-bond acceptors (Lipinski definition) is 5. The molecule has 0 spiro atoms. The predicted octanol–water partition coefficient (Wildman–Crippen LogP) is 0.794. The maximum atomic E-state index is 12.5. The molecule has 7 heteroatoms. The molecule has 0 radical (unpaired) electrons. The monoisotopic (exact) mass is 303 g/mol. The lowest BCUT2D eigenvalue weighted by molar-refractivity contribution is 0.222. The Kier molecular flexibility index (Phi) is 4.97. The molecular weight excluding hydrogens is 282 g/mol. The first-order valence-corrected chi connectivity index (χ1v) is 8.78. The average molecular weight is 303 g/mol. The van der Waals surface area contributed by atoms with Gasteiger partial charge in [0.2, 0.25) is 0 Å². The number of sulfonamides is 1. The van der Waals surface area contributed by atoms with E-state index in [0.29, 0.717) is 17.3 Å². The summed E-state index contributed by atoms with van der Waals surface area (Å²) in [6, 6.07) is 3.63. The third-order valence-corrected chi connectivity index (χ3v) is 6.69. The first-order chi connectivity index (χ1) is 9.04. The summed E-state index contributed by atoms with van der Waals surface area (Å²) in [5, 5.41) is 3.21. The number of nitrogens with one attached hydrogen (secondary N) is 1. The van der Waals surface area contributed by atoms with Crippen molar-refractivity contribution in [2.75, 3.05) is 39.8 Å². The highest BCUT2D eigenvalue weighted by atomic mass is 32.2. The van der Waals surface area contributed by atoms with Gasteiger partial charge >= 0.3 is 0 Å². The molecule has 1 saturated heterocycles. The van der Waals surface area contributed by atoms with E-state index in [0.717, 1.165) is 31.1 Å². The van der Waals surface area contributed by atoms with Crippen molar-refractivity contribution >= 4 is 21.4 Å². The summed E-state index contributed by atoms with van der Waals surface area (Å²) in [6.07, 6.45) is 0. The highest BCUT2D eigenvalue weighted by molar-refractivity contribution is 7.91. The summed E-state index contributed by atoms with van der Waals surface area (Å²) < 4.78 is 27.0. The Bertz CT molecular complexity index is 505. The molecule has 0 bridgehead atoms. The number of thiophene rings is 1. The summed E-state index contributed by atoms with van der Waals surface area (Å²) in [4.78, 5) is 3.21. The molecule has 0 amide bonds. The molecule has 108 valence electrons. The van der Waals surface area contributed by atoms with E-state index in [9.17, 15) is 8.42 Å². The van der Waals surface area contributed by atoms with Crippen LogP contribution in [0.1, 0.15) is 11.8 Å². The third-order valence-electron chi connectivity index (χ3n) is 3.24. The zero-order chi connectivity index (χ0) is 13.9. The van der Waals surface area contributed by atoms with Crippen molar-refractivity contribution in [2.45, 2.75) is 17.7 Å². The minimum Gasteiger partial charge on any atom is -0.312 e. The van der Waals surface area contributed by atoms with E-state index in [2.05, 4.69) is 10.2 Å². The smallest absolute Gasteiger partial charge is 0.252 e. The Hall–Kier alpha value is -0.470. The van der Waals surface area contributed by atoms with Gasteiger partial charge in [-0.3, -0.25) is 0 Å². The topological polar surface area (TPSA) is 52.7 Å². The average Bonchev–Trinajstić information content (AvgIpc) is 2.86. The molecule has 2 rings (SSSR count). The first kappa shape index (κ1) is 14.9. The van der Waals surface area contributed by atoms with Gasteiger partial charge in [0.05, 0.1) is 0 Å². The van der Waals surface area contributed by atoms with E-state index in [4.69, 9.17) is 0 Å². The Morgan fingerprint density at radius 3 is 2.58 bits per heavy atom. The van der Waals surface area contributed by atoms with Gasteiger partial charge in [0.15, 0.2) is 0 Å². The SMILES string of the molecule is CCNCc1ccc(S(=O)(=O)N2CCN(C)CC2)s1. The molecule has 0 aliphatic carbocycles. The quantitative estimate of drug-likeness (QED) is 0.874. The van der Waals surface area contributed by atoms with Crippen LogP contribution in [0.3, 0.4) is 0 Å². The molecule has 1 fully saturated rings. The zero-order valence-electron chi connectivity index (χ0n) is 11.4. The van der Waals surface area contributed by atoms with E-state index in [1.54, 1.807) is 10.4 Å². The van der Waals surface area contributed by atoms with Crippen LogP contribution in [0.2, 0.25) is 0 Å². The molecule has 1 aromatic heterocycles. The van der Waals surface area contributed by atoms with Crippen LogP contribution in [0.25, 0.3) is 0 Å². The number of piperazine rings is 1. The molecule has 0 saturated carbocycles. The lowest BCUT2D eigenvalue weighted by Crippen LogP contribution is -2.46. The number of rotatable bonds is 5. The van der Waals surface area contributed by atoms with Gasteiger partial charge in [0.1, 0.15) is 4.21 Å². The van der Waals surface area contributed by atoms with Crippen molar-refractivity contribution in [3.05, 3.63) is 17.0 Å². The molecule has 1 aliphatic rings. The fraction of sp³-hybridized carbons (Fsp3) is 0.667. The molecule has 19 heavy (non-hydrogen) atoms. The normalized spacial score (nSPS) is 18.8. The maximum Gasteiger partial charge on any atom is 0.252 e. The van der Waals surface area contributed by atoms with E-state index < -0.39 is 10.0 Å². The standard InChI is InChI=1S/C12H21N3O2S2/c1-3-13-10-11-4-5-12(18-11)19(16,17)15-8-6-14(2)7-9-15/h4-5,13H,3,6-10H2,1-2H3. The van der Waals surface area contributed by atoms with Crippen molar-refractivity contribution in [1.29, 1.82) is 0 Å². The van der Waals surface area contributed by atoms with E-state index in [1.807, 2.05) is 20.0 Å². The molecule has 1 aliphatic heterocycles. The van der Waals surface area contributed by atoms with Crippen molar-refractivity contribution in [2.24, 2.45) is 0 Å². The van der Waals surface area contributed by atoms with Gasteiger partial charge in [-0.15, -0.1) is 11.3 Å². The summed E-state index contributed by atoms with van der Waals surface area (Å²) in [5.41, 5.74) is 0. The summed E-state index contributed by atoms with van der Waals surface area (Å²) in [6.45, 7) is 6.43. The molecular formula is C12H21N3O2S2. The summed E-state index contributed by atoms with van der Waals surface area (Å²) in [5.74, 6) is 0. The van der Waals surface area contributed by atoms with Gasteiger partial charge in [0.25, 0.3) is 10.0 Å². The molecule has 0 atom stereocenters. The van der Waals surface area contributed by atoms with Crippen LogP contribution in [0.4, 0.5) is 0 Å². The van der Waals surface area contributed by atoms with Crippen molar-refractivity contribution in [3.63, 3.8) is 0 Å². The van der Waals surface area contributed by atoms with Gasteiger partial charge in [-0.25, -0.2) is 8.42 Å². The van der Waals surface area contributed by atoms with Crippen LogP contribution in [-0.2, 0) is 16.6 Å². The highest BCUT2D eigenvalue weighted by Gasteiger charge is 2.28. The van der Waals surface area contributed by atoms with Gasteiger partial charge in [-0.05, 0) is 25.7 Å². The van der Waals surface area contributed by atoms with E-state index >= 15 is 0 Å². The number of likely N-dealkylation sites (N-methyl/N-ethyl adjacent to an activating group) is 1. The van der Waals surface area contributed by atoms with Gasteiger partial charge in [0, 0.05) is 37.6 Å². The van der Waals surface area contributed by atoms with E-state index in [1.165, 1.54) is 11.3 Å². The van der Waals surface area contributed by atoms with Gasteiger partial charge < -0.3 is 10.2 Å². The van der Waals surface area contributed by atoms with Crippen LogP contribution in [0.15, 0.2) is 16.3 Å². The van der Waals surface area contributed by atoms with Crippen LogP contribution in [0.5, 0.6) is 0 Å². The van der Waals surface area contributed by atoms with Gasteiger partial charge in [-0.2, -0.15) is 4.31 Å². The number of nitrogens with zero attached hydrogens (tertiary/aromatic N) is 2. The summed E-state index contributed by atoms with van der Waals surface area (Å²) in [7, 11) is -1.27. The third kappa shape index (κ3) is 3.55. The fourth-order valence-electron chi connectivity index (χ4n) is 2.00. The first-order valence-electron chi connectivity index (χ1n) is 6.52. The van der Waals surface area contributed by atoms with Crippen LogP contribution >= 0.6 is 11.3 Å². The maximum absolute atomic E-state index is 12.5. The van der Waals surface area contributed by atoms with Crippen LogP contribution in [0, 0.1) is 0 Å². The zero-order valence-corrected chi connectivity index (χ0v) is 13.1. The Balaban J connectivity index is 2.08. The lowest BCUT2D eigenvalue weighted by atomic mass is 10.4. The van der Waals surface area contributed by atoms with Crippen molar-refractivity contribution < 1.29 is 8.42 Å². The Labute approximate surface area is 119 Å². The molecule has 0 unspecified atom stereocenters. The lowest BCUT2D eigenvalue weighted by Gasteiger charge is -2.31. The van der Waals surface area contributed by atoms with Gasteiger partial charge in [-0.1, -0.05) is 6.92 Å². The molecule has 0 aromatic carbocycles. The predicted molar refractivity (Wildman–Crippen MR) is 78.0 cm³/mol. The minimum absolute atomic E-state index is 0.463.